The van der Waals surface area contributed by atoms with Gasteiger partial charge in [-0.25, -0.2) is 0 Å². The highest BCUT2D eigenvalue weighted by molar-refractivity contribution is 6.23. The number of hydrogen-bond donors (Lipinski definition) is 0. The van der Waals surface area contributed by atoms with Gasteiger partial charge in [0.1, 0.15) is 0 Å². The summed E-state index contributed by atoms with van der Waals surface area (Å²) in [5.74, 6) is 0. The van der Waals surface area contributed by atoms with Crippen LogP contribution in [0.5, 0.6) is 0 Å². The Morgan fingerprint density at radius 1 is 0.211 bits per heavy atom. The molecule has 0 amide bonds. The normalized spacial score (nSPS) is 11.2. The van der Waals surface area contributed by atoms with Crippen LogP contribution in [0.2, 0.25) is 0 Å². The molecule has 0 radical (unpaired) electrons. The molecule has 268 valence electrons. The Bertz CT molecular complexity index is 2930. The monoisotopic (exact) mass is 725 g/mol. The fourth-order valence-corrected chi connectivity index (χ4v) is 8.48. The maximum atomic E-state index is 2.43. The largest absolute Gasteiger partial charge is 0.311 e. The third-order valence-corrected chi connectivity index (χ3v) is 11.1. The Morgan fingerprint density at radius 3 is 1.05 bits per heavy atom. The van der Waals surface area contributed by atoms with Crippen LogP contribution in [-0.2, 0) is 0 Å². The zero-order valence-corrected chi connectivity index (χ0v) is 31.5. The Labute approximate surface area is 334 Å². The van der Waals surface area contributed by atoms with Gasteiger partial charge in [-0.3, -0.25) is 0 Å². The second kappa shape index (κ2) is 15.0. The third kappa shape index (κ3) is 6.36. The summed E-state index contributed by atoms with van der Waals surface area (Å²) >= 11 is 0. The van der Waals surface area contributed by atoms with Crippen LogP contribution in [-0.4, -0.2) is 0 Å². The maximum absolute atomic E-state index is 2.43. The van der Waals surface area contributed by atoms with E-state index in [9.17, 15) is 0 Å². The van der Waals surface area contributed by atoms with E-state index in [1.165, 1.54) is 77.2 Å². The van der Waals surface area contributed by atoms with E-state index in [1.807, 2.05) is 0 Å². The van der Waals surface area contributed by atoms with Gasteiger partial charge in [0, 0.05) is 17.1 Å². The highest BCUT2D eigenvalue weighted by Gasteiger charge is 2.21. The number of hydrogen-bond acceptors (Lipinski definition) is 1. The summed E-state index contributed by atoms with van der Waals surface area (Å²) < 4.78 is 0. The van der Waals surface area contributed by atoms with Gasteiger partial charge in [-0.1, -0.05) is 194 Å². The number of nitrogens with zero attached hydrogens (tertiary/aromatic N) is 1. The van der Waals surface area contributed by atoms with Crippen molar-refractivity contribution in [2.75, 3.05) is 4.90 Å². The molecule has 10 aromatic carbocycles. The third-order valence-electron chi connectivity index (χ3n) is 11.1. The lowest BCUT2D eigenvalue weighted by atomic mass is 9.81. The van der Waals surface area contributed by atoms with E-state index in [1.54, 1.807) is 0 Å². The fourth-order valence-electron chi connectivity index (χ4n) is 8.48. The Kier molecular flexibility index (Phi) is 8.95. The number of benzene rings is 10. The molecule has 0 saturated carbocycles. The van der Waals surface area contributed by atoms with E-state index in [0.29, 0.717) is 0 Å². The molecule has 10 rings (SSSR count). The quantitative estimate of drug-likeness (QED) is 0.141. The molecule has 0 fully saturated rings. The molecule has 0 aliphatic rings. The van der Waals surface area contributed by atoms with Crippen LogP contribution in [0.3, 0.4) is 0 Å². The van der Waals surface area contributed by atoms with Gasteiger partial charge in [0.05, 0.1) is 0 Å². The SMILES string of the molecule is c1ccc(-c2ccccc2-c2c3ccccc3c(-c3ccccc3-c3ccccc3)c3cc(-c4ccc(N(c5ccccc5)c5ccccc5)cc4)ccc23)cc1. The lowest BCUT2D eigenvalue weighted by Crippen LogP contribution is -2.09. The first-order valence-corrected chi connectivity index (χ1v) is 19.6. The molecular formula is C56H39N. The Hall–Kier alpha value is -7.48. The molecule has 0 heterocycles. The van der Waals surface area contributed by atoms with E-state index >= 15 is 0 Å². The molecular weight excluding hydrogens is 687 g/mol. The van der Waals surface area contributed by atoms with Gasteiger partial charge < -0.3 is 4.90 Å². The lowest BCUT2D eigenvalue weighted by molar-refractivity contribution is 1.28. The molecule has 0 aliphatic heterocycles. The standard InChI is InChI=1S/C56H39N/c1-5-19-41(20-6-1)47-27-13-15-29-49(47)55-51-31-17-18-32-52(51)56(50-30-16-14-28-48(50)42-21-7-2-8-22-42)54-39-43(35-38-53(54)55)40-33-36-46(37-34-40)57(44-23-9-3-10-24-44)45-25-11-4-12-26-45/h1-39H. The van der Waals surface area contributed by atoms with Crippen LogP contribution in [0.15, 0.2) is 237 Å². The van der Waals surface area contributed by atoms with Crippen molar-refractivity contribution in [1.29, 1.82) is 0 Å². The van der Waals surface area contributed by atoms with Crippen molar-refractivity contribution >= 4 is 38.6 Å². The number of fused-ring (bicyclic) bond motifs is 2. The Balaban J connectivity index is 1.22. The molecule has 0 saturated heterocycles. The minimum atomic E-state index is 1.11. The molecule has 57 heavy (non-hydrogen) atoms. The molecule has 0 aliphatic carbocycles. The molecule has 1 heteroatoms. The summed E-state index contributed by atoms with van der Waals surface area (Å²) in [4.78, 5) is 2.31. The van der Waals surface area contributed by atoms with E-state index < -0.39 is 0 Å². The van der Waals surface area contributed by atoms with Crippen LogP contribution in [0, 0.1) is 0 Å². The van der Waals surface area contributed by atoms with Crippen molar-refractivity contribution in [2.24, 2.45) is 0 Å². The van der Waals surface area contributed by atoms with Gasteiger partial charge in [-0.15, -0.1) is 0 Å². The molecule has 0 spiro atoms. The zero-order chi connectivity index (χ0) is 38.0. The number of rotatable bonds is 8. The van der Waals surface area contributed by atoms with Crippen LogP contribution >= 0.6 is 0 Å². The Morgan fingerprint density at radius 2 is 0.561 bits per heavy atom. The minimum absolute atomic E-state index is 1.11. The van der Waals surface area contributed by atoms with Gasteiger partial charge in [0.2, 0.25) is 0 Å². The fraction of sp³-hybridized carbons (Fsp3) is 0. The topological polar surface area (TPSA) is 3.24 Å². The predicted octanol–water partition coefficient (Wildman–Crippen LogP) is 15.8. The van der Waals surface area contributed by atoms with Crippen LogP contribution in [0.4, 0.5) is 17.1 Å². The first kappa shape index (κ1) is 34.0. The van der Waals surface area contributed by atoms with Crippen molar-refractivity contribution in [3.63, 3.8) is 0 Å². The molecule has 0 unspecified atom stereocenters. The van der Waals surface area contributed by atoms with Crippen LogP contribution < -0.4 is 4.90 Å². The summed E-state index contributed by atoms with van der Waals surface area (Å²) in [6, 6.07) is 85.6. The number of para-hydroxylation sites is 2. The molecule has 0 atom stereocenters. The van der Waals surface area contributed by atoms with Crippen molar-refractivity contribution in [3.05, 3.63) is 237 Å². The van der Waals surface area contributed by atoms with Crippen molar-refractivity contribution < 1.29 is 0 Å². The van der Waals surface area contributed by atoms with E-state index in [-0.39, 0.29) is 0 Å². The summed E-state index contributed by atoms with van der Waals surface area (Å²) in [5, 5.41) is 4.94. The van der Waals surface area contributed by atoms with Gasteiger partial charge >= 0.3 is 0 Å². The highest BCUT2D eigenvalue weighted by atomic mass is 15.1. The summed E-state index contributed by atoms with van der Waals surface area (Å²) in [5.41, 5.74) is 15.5. The molecule has 0 aromatic heterocycles. The van der Waals surface area contributed by atoms with E-state index in [0.717, 1.165) is 17.1 Å². The maximum Gasteiger partial charge on any atom is 0.0462 e. The van der Waals surface area contributed by atoms with Crippen LogP contribution in [0.25, 0.3) is 77.2 Å². The second-order valence-corrected chi connectivity index (χ2v) is 14.4. The summed E-state index contributed by atoms with van der Waals surface area (Å²) in [7, 11) is 0. The molecule has 10 aromatic rings. The second-order valence-electron chi connectivity index (χ2n) is 14.4. The van der Waals surface area contributed by atoms with Gasteiger partial charge in [-0.2, -0.15) is 0 Å². The molecule has 1 nitrogen and oxygen atoms in total. The smallest absolute Gasteiger partial charge is 0.0462 e. The molecule has 0 bridgehead atoms. The average Bonchev–Trinajstić information content (AvgIpc) is 3.30. The summed E-state index contributed by atoms with van der Waals surface area (Å²) in [6.45, 7) is 0. The van der Waals surface area contributed by atoms with Crippen molar-refractivity contribution in [3.8, 4) is 55.6 Å². The number of anilines is 3. The summed E-state index contributed by atoms with van der Waals surface area (Å²) in [6.07, 6.45) is 0. The van der Waals surface area contributed by atoms with Gasteiger partial charge in [0.15, 0.2) is 0 Å². The van der Waals surface area contributed by atoms with Crippen LogP contribution in [0.1, 0.15) is 0 Å². The highest BCUT2D eigenvalue weighted by Crippen LogP contribution is 2.49. The van der Waals surface area contributed by atoms with Crippen molar-refractivity contribution in [2.45, 2.75) is 0 Å². The van der Waals surface area contributed by atoms with Crippen molar-refractivity contribution in [1.82, 2.24) is 0 Å². The lowest BCUT2D eigenvalue weighted by Gasteiger charge is -2.25. The average molecular weight is 726 g/mol. The first-order valence-electron chi connectivity index (χ1n) is 19.6. The van der Waals surface area contributed by atoms with E-state index in [2.05, 4.69) is 241 Å². The molecule has 0 N–H and O–H groups in total. The van der Waals surface area contributed by atoms with E-state index in [4.69, 9.17) is 0 Å². The zero-order valence-electron chi connectivity index (χ0n) is 31.5. The van der Waals surface area contributed by atoms with Gasteiger partial charge in [0.25, 0.3) is 0 Å². The predicted molar refractivity (Wildman–Crippen MR) is 243 cm³/mol. The minimum Gasteiger partial charge on any atom is -0.311 e. The first-order chi connectivity index (χ1) is 28.3. The van der Waals surface area contributed by atoms with Gasteiger partial charge in [-0.05, 0) is 120 Å².